The minimum absolute atomic E-state index is 0.310. The van der Waals surface area contributed by atoms with Crippen LogP contribution in [-0.2, 0) is 12.8 Å². The summed E-state index contributed by atoms with van der Waals surface area (Å²) in [5.41, 5.74) is 4.13. The van der Waals surface area contributed by atoms with Crippen LogP contribution in [0, 0.1) is 6.92 Å². The predicted molar refractivity (Wildman–Crippen MR) is 86.6 cm³/mol. The zero-order valence-corrected chi connectivity index (χ0v) is 13.3. The lowest BCUT2D eigenvalue weighted by molar-refractivity contribution is 0.383. The fourth-order valence-corrected chi connectivity index (χ4v) is 3.73. The van der Waals surface area contributed by atoms with E-state index in [0.717, 1.165) is 12.2 Å². The van der Waals surface area contributed by atoms with Crippen molar-refractivity contribution < 1.29 is 0 Å². The quantitative estimate of drug-likeness (QED) is 0.929. The highest BCUT2D eigenvalue weighted by Crippen LogP contribution is 2.31. The Morgan fingerprint density at radius 3 is 2.57 bits per heavy atom. The Bertz CT molecular complexity index is 600. The Kier molecular flexibility index (Phi) is 4.11. The standard InChI is InChI=1S/C18H25N3/c1-13(18(19-3)15-9-5-4-6-10-15)21-14(2)20-16-11-7-8-12-17(16)21/h4-6,9-10,13,18-19H,7-8,11-12H2,1-3H3. The Balaban J connectivity index is 1.97. The van der Waals surface area contributed by atoms with E-state index < -0.39 is 0 Å². The van der Waals surface area contributed by atoms with Crippen LogP contribution in [0.2, 0.25) is 0 Å². The van der Waals surface area contributed by atoms with Crippen LogP contribution in [-0.4, -0.2) is 16.6 Å². The van der Waals surface area contributed by atoms with Crippen LogP contribution in [0.15, 0.2) is 30.3 Å². The number of nitrogens with one attached hydrogen (secondary N) is 1. The lowest BCUT2D eigenvalue weighted by Gasteiger charge is -2.28. The number of fused-ring (bicyclic) bond motifs is 1. The van der Waals surface area contributed by atoms with E-state index >= 15 is 0 Å². The van der Waals surface area contributed by atoms with Gasteiger partial charge in [-0.3, -0.25) is 0 Å². The number of nitrogens with zero attached hydrogens (tertiary/aromatic N) is 2. The smallest absolute Gasteiger partial charge is 0.106 e. The van der Waals surface area contributed by atoms with Crippen LogP contribution in [0.25, 0.3) is 0 Å². The van der Waals surface area contributed by atoms with Crippen molar-refractivity contribution in [2.45, 2.75) is 51.6 Å². The highest BCUT2D eigenvalue weighted by molar-refractivity contribution is 5.24. The van der Waals surface area contributed by atoms with Crippen molar-refractivity contribution >= 4 is 0 Å². The monoisotopic (exact) mass is 283 g/mol. The number of rotatable bonds is 4. The molecule has 2 aromatic rings. The average molecular weight is 283 g/mol. The van der Waals surface area contributed by atoms with Gasteiger partial charge < -0.3 is 9.88 Å². The molecule has 0 saturated carbocycles. The van der Waals surface area contributed by atoms with Crippen molar-refractivity contribution in [1.82, 2.24) is 14.9 Å². The van der Waals surface area contributed by atoms with Crippen molar-refractivity contribution in [3.8, 4) is 0 Å². The van der Waals surface area contributed by atoms with Gasteiger partial charge in [0.2, 0.25) is 0 Å². The Morgan fingerprint density at radius 2 is 1.86 bits per heavy atom. The van der Waals surface area contributed by atoms with E-state index in [1.54, 1.807) is 0 Å². The summed E-state index contributed by atoms with van der Waals surface area (Å²) in [6, 6.07) is 11.4. The molecule has 1 heterocycles. The number of hydrogen-bond acceptors (Lipinski definition) is 2. The zero-order chi connectivity index (χ0) is 14.8. The maximum absolute atomic E-state index is 4.82. The first-order chi connectivity index (χ1) is 10.2. The molecule has 1 aromatic carbocycles. The van der Waals surface area contributed by atoms with Crippen LogP contribution in [0.4, 0.5) is 0 Å². The van der Waals surface area contributed by atoms with Crippen LogP contribution in [0.3, 0.4) is 0 Å². The van der Waals surface area contributed by atoms with Gasteiger partial charge in [-0.15, -0.1) is 0 Å². The summed E-state index contributed by atoms with van der Waals surface area (Å²) in [5, 5.41) is 3.49. The predicted octanol–water partition coefficient (Wildman–Crippen LogP) is 3.59. The molecule has 2 atom stereocenters. The van der Waals surface area contributed by atoms with Crippen LogP contribution < -0.4 is 5.32 Å². The Hall–Kier alpha value is -1.61. The van der Waals surface area contributed by atoms with Crippen molar-refractivity contribution in [2.24, 2.45) is 0 Å². The molecule has 0 amide bonds. The molecule has 1 aliphatic carbocycles. The third-order valence-electron chi connectivity index (χ3n) is 4.71. The maximum Gasteiger partial charge on any atom is 0.106 e. The van der Waals surface area contributed by atoms with Crippen LogP contribution >= 0.6 is 0 Å². The molecule has 3 rings (SSSR count). The first-order valence-corrected chi connectivity index (χ1v) is 8.01. The van der Waals surface area contributed by atoms with E-state index in [0.29, 0.717) is 12.1 Å². The Morgan fingerprint density at radius 1 is 1.14 bits per heavy atom. The second kappa shape index (κ2) is 6.02. The van der Waals surface area contributed by atoms with E-state index in [1.165, 1.54) is 36.2 Å². The van der Waals surface area contributed by atoms with Gasteiger partial charge >= 0.3 is 0 Å². The largest absolute Gasteiger partial charge is 0.327 e. The van der Waals surface area contributed by atoms with Gasteiger partial charge in [0.25, 0.3) is 0 Å². The molecule has 0 spiro atoms. The summed E-state index contributed by atoms with van der Waals surface area (Å²) < 4.78 is 2.46. The topological polar surface area (TPSA) is 29.9 Å². The van der Waals surface area contributed by atoms with E-state index in [9.17, 15) is 0 Å². The van der Waals surface area contributed by atoms with E-state index in [2.05, 4.69) is 54.1 Å². The summed E-state index contributed by atoms with van der Waals surface area (Å²) in [6.45, 7) is 4.45. The minimum atomic E-state index is 0.310. The van der Waals surface area contributed by atoms with Crippen molar-refractivity contribution in [3.05, 3.63) is 53.1 Å². The minimum Gasteiger partial charge on any atom is -0.327 e. The number of aromatic nitrogens is 2. The summed E-state index contributed by atoms with van der Waals surface area (Å²) in [4.78, 5) is 4.82. The second-order valence-electron chi connectivity index (χ2n) is 6.05. The Labute approximate surface area is 127 Å². The third kappa shape index (κ3) is 2.62. The first-order valence-electron chi connectivity index (χ1n) is 8.01. The molecule has 1 aliphatic rings. The highest BCUT2D eigenvalue weighted by Gasteiger charge is 2.26. The van der Waals surface area contributed by atoms with Crippen molar-refractivity contribution in [3.63, 3.8) is 0 Å². The van der Waals surface area contributed by atoms with Gasteiger partial charge in [-0.25, -0.2) is 4.98 Å². The molecule has 0 saturated heterocycles. The van der Waals surface area contributed by atoms with E-state index in [-0.39, 0.29) is 0 Å². The molecule has 1 aromatic heterocycles. The number of benzene rings is 1. The number of likely N-dealkylation sites (N-methyl/N-ethyl adjacent to an activating group) is 1. The first kappa shape index (κ1) is 14.3. The molecule has 0 fully saturated rings. The molecule has 3 nitrogen and oxygen atoms in total. The van der Waals surface area contributed by atoms with Crippen LogP contribution in [0.5, 0.6) is 0 Å². The van der Waals surface area contributed by atoms with Crippen LogP contribution in [0.1, 0.15) is 54.6 Å². The fourth-order valence-electron chi connectivity index (χ4n) is 3.73. The average Bonchev–Trinajstić information content (AvgIpc) is 2.84. The lowest BCUT2D eigenvalue weighted by atomic mass is 9.97. The lowest BCUT2D eigenvalue weighted by Crippen LogP contribution is -2.28. The number of aryl methyl sites for hydroxylation is 2. The maximum atomic E-state index is 4.82. The van der Waals surface area contributed by atoms with Gasteiger partial charge in [-0.05, 0) is 52.1 Å². The SMILES string of the molecule is CNC(c1ccccc1)C(C)n1c(C)nc2c1CCCC2. The van der Waals surface area contributed by atoms with Gasteiger partial charge in [-0.2, -0.15) is 0 Å². The molecular weight excluding hydrogens is 258 g/mol. The number of imidazole rings is 1. The molecule has 2 unspecified atom stereocenters. The molecule has 21 heavy (non-hydrogen) atoms. The summed E-state index contributed by atoms with van der Waals surface area (Å²) in [6.07, 6.45) is 4.89. The summed E-state index contributed by atoms with van der Waals surface area (Å²) >= 11 is 0. The molecule has 0 radical (unpaired) electrons. The summed E-state index contributed by atoms with van der Waals surface area (Å²) in [7, 11) is 2.05. The molecule has 3 heteroatoms. The molecular formula is C18H25N3. The zero-order valence-electron chi connectivity index (χ0n) is 13.3. The normalized spacial score (nSPS) is 17.3. The van der Waals surface area contributed by atoms with E-state index in [1.807, 2.05) is 7.05 Å². The van der Waals surface area contributed by atoms with E-state index in [4.69, 9.17) is 4.98 Å². The molecule has 112 valence electrons. The van der Waals surface area contributed by atoms with Gasteiger partial charge in [0, 0.05) is 5.69 Å². The van der Waals surface area contributed by atoms with Crippen molar-refractivity contribution in [2.75, 3.05) is 7.05 Å². The van der Waals surface area contributed by atoms with Gasteiger partial charge in [-0.1, -0.05) is 30.3 Å². The highest BCUT2D eigenvalue weighted by atomic mass is 15.1. The number of hydrogen-bond donors (Lipinski definition) is 1. The second-order valence-corrected chi connectivity index (χ2v) is 6.05. The summed E-state index contributed by atoms with van der Waals surface area (Å²) in [5.74, 6) is 1.16. The fraction of sp³-hybridized carbons (Fsp3) is 0.500. The van der Waals surface area contributed by atoms with Crippen molar-refractivity contribution in [1.29, 1.82) is 0 Å². The van der Waals surface area contributed by atoms with Gasteiger partial charge in [0.1, 0.15) is 5.82 Å². The van der Waals surface area contributed by atoms with Gasteiger partial charge in [0.05, 0.1) is 17.8 Å². The third-order valence-corrected chi connectivity index (χ3v) is 4.71. The molecule has 0 aliphatic heterocycles. The molecule has 0 bridgehead atoms. The molecule has 1 N–H and O–H groups in total. The van der Waals surface area contributed by atoms with Gasteiger partial charge in [0.15, 0.2) is 0 Å².